The highest BCUT2D eigenvalue weighted by Gasteiger charge is 2.39. The molecule has 0 saturated heterocycles. The number of aliphatic hydroxyl groups excluding tert-OH is 2. The van der Waals surface area contributed by atoms with Crippen LogP contribution in [0.5, 0.6) is 0 Å². The second-order valence-corrected chi connectivity index (χ2v) is 6.82. The number of H-pyrrole nitrogens is 1. The molecule has 3 N–H and O–H groups in total. The molecule has 0 bridgehead atoms. The number of rotatable bonds is 3. The first-order chi connectivity index (χ1) is 11.1. The van der Waals surface area contributed by atoms with Crippen LogP contribution in [0.15, 0.2) is 30.7 Å². The van der Waals surface area contributed by atoms with E-state index in [9.17, 15) is 14.6 Å². The normalized spacial score (nSPS) is 27.5. The van der Waals surface area contributed by atoms with Crippen molar-refractivity contribution in [3.8, 4) is 11.3 Å². The quantitative estimate of drug-likeness (QED) is 0.761. The number of benzene rings is 1. The molecular weight excluding hydrogens is 295 g/mol. The minimum absolute atomic E-state index is 0.172. The summed E-state index contributed by atoms with van der Waals surface area (Å²) in [5.41, 5.74) is 2.56. The summed E-state index contributed by atoms with van der Waals surface area (Å²) in [6, 6.07) is 4.98. The van der Waals surface area contributed by atoms with Crippen molar-refractivity contribution >= 4 is 0 Å². The zero-order valence-corrected chi connectivity index (χ0v) is 13.0. The molecule has 1 aliphatic heterocycles. The van der Waals surface area contributed by atoms with Crippen molar-refractivity contribution in [3.63, 3.8) is 0 Å². The maximum Gasteiger partial charge on any atom is 0.242 e. The molecule has 2 aromatic rings. The van der Waals surface area contributed by atoms with Crippen molar-refractivity contribution in [3.05, 3.63) is 42.1 Å². The predicted molar refractivity (Wildman–Crippen MR) is 83.1 cm³/mol. The van der Waals surface area contributed by atoms with E-state index in [1.165, 1.54) is 6.07 Å². The largest absolute Gasteiger partial charge is 0.393 e. The molecule has 0 radical (unpaired) electrons. The second kappa shape index (κ2) is 5.73. The molecule has 1 aromatic heterocycles. The standard InChI is InChI=1S/C18H21FN2O2/c19-14-3-1-2-13-16-9-20-10-21(16)15(18(13)14)8-17(23)11-4-6-12(22)7-5-11/h1-3,9-12,15,17,22-23H,4-8H2/p+1/t11?,12?,15-,17+/m0/s1. The first-order valence-corrected chi connectivity index (χ1v) is 8.38. The molecule has 1 fully saturated rings. The van der Waals surface area contributed by atoms with Crippen LogP contribution in [0.1, 0.15) is 43.7 Å². The molecule has 122 valence electrons. The monoisotopic (exact) mass is 317 g/mol. The number of nitrogens with one attached hydrogen (secondary N) is 1. The van der Waals surface area contributed by atoms with E-state index < -0.39 is 6.10 Å². The Morgan fingerprint density at radius 3 is 2.83 bits per heavy atom. The number of aromatic amines is 1. The zero-order chi connectivity index (χ0) is 16.0. The van der Waals surface area contributed by atoms with E-state index in [1.54, 1.807) is 6.07 Å². The molecule has 4 rings (SSSR count). The smallest absolute Gasteiger partial charge is 0.242 e. The lowest BCUT2D eigenvalue weighted by Gasteiger charge is -2.30. The summed E-state index contributed by atoms with van der Waals surface area (Å²) in [4.78, 5) is 3.07. The molecule has 0 amide bonds. The number of hydrogen-bond donors (Lipinski definition) is 3. The Balaban J connectivity index is 1.60. The first kappa shape index (κ1) is 14.8. The summed E-state index contributed by atoms with van der Waals surface area (Å²) >= 11 is 0. The highest BCUT2D eigenvalue weighted by molar-refractivity contribution is 5.64. The predicted octanol–water partition coefficient (Wildman–Crippen LogP) is 2.31. The van der Waals surface area contributed by atoms with Crippen LogP contribution < -0.4 is 4.57 Å². The fourth-order valence-electron chi connectivity index (χ4n) is 4.19. The lowest BCUT2D eigenvalue weighted by Crippen LogP contribution is -2.40. The number of hydrogen-bond acceptors (Lipinski definition) is 2. The Bertz CT molecular complexity index is 707. The van der Waals surface area contributed by atoms with E-state index in [-0.39, 0.29) is 23.9 Å². The summed E-state index contributed by atoms with van der Waals surface area (Å²) in [6.45, 7) is 0. The van der Waals surface area contributed by atoms with Gasteiger partial charge in [-0.3, -0.25) is 0 Å². The highest BCUT2D eigenvalue weighted by atomic mass is 19.1. The SMILES string of the molecule is OC1CCC([C@H](O)C[C@H]2c3c(F)cccc3-c3c[nH]c[n+]32)CC1. The van der Waals surface area contributed by atoms with Gasteiger partial charge in [-0.15, -0.1) is 0 Å². The molecule has 1 saturated carbocycles. The molecule has 5 heteroatoms. The average Bonchev–Trinajstić information content (AvgIpc) is 3.12. The van der Waals surface area contributed by atoms with Gasteiger partial charge < -0.3 is 10.2 Å². The van der Waals surface area contributed by atoms with Crippen LogP contribution in [-0.2, 0) is 0 Å². The van der Waals surface area contributed by atoms with Crippen LogP contribution >= 0.6 is 0 Å². The average molecular weight is 317 g/mol. The minimum atomic E-state index is -0.478. The van der Waals surface area contributed by atoms with Crippen LogP contribution in [-0.4, -0.2) is 27.4 Å². The summed E-state index contributed by atoms with van der Waals surface area (Å²) in [5.74, 6) is -0.0142. The third kappa shape index (κ3) is 2.48. The molecule has 0 spiro atoms. The van der Waals surface area contributed by atoms with Gasteiger partial charge in [-0.1, -0.05) is 6.07 Å². The lowest BCUT2D eigenvalue weighted by molar-refractivity contribution is -0.698. The number of nitrogens with zero attached hydrogens (tertiary/aromatic N) is 1. The molecule has 0 unspecified atom stereocenters. The van der Waals surface area contributed by atoms with E-state index in [2.05, 4.69) is 4.98 Å². The fourth-order valence-corrected chi connectivity index (χ4v) is 4.19. The van der Waals surface area contributed by atoms with E-state index in [4.69, 9.17) is 0 Å². The Morgan fingerprint density at radius 1 is 1.26 bits per heavy atom. The van der Waals surface area contributed by atoms with Crippen molar-refractivity contribution in [2.75, 3.05) is 0 Å². The van der Waals surface area contributed by atoms with Gasteiger partial charge in [-0.05, 0) is 43.7 Å². The van der Waals surface area contributed by atoms with Gasteiger partial charge in [0.1, 0.15) is 18.1 Å². The molecule has 1 aliphatic carbocycles. The van der Waals surface area contributed by atoms with Crippen LogP contribution in [0.4, 0.5) is 4.39 Å². The summed E-state index contributed by atoms with van der Waals surface area (Å²) in [6.07, 6.45) is 6.69. The van der Waals surface area contributed by atoms with Crippen molar-refractivity contribution in [1.82, 2.24) is 4.98 Å². The van der Waals surface area contributed by atoms with Crippen LogP contribution in [0.2, 0.25) is 0 Å². The minimum Gasteiger partial charge on any atom is -0.393 e. The molecule has 4 nitrogen and oxygen atoms in total. The van der Waals surface area contributed by atoms with Crippen LogP contribution in [0.25, 0.3) is 11.3 Å². The summed E-state index contributed by atoms with van der Waals surface area (Å²) < 4.78 is 16.4. The van der Waals surface area contributed by atoms with Gasteiger partial charge in [-0.2, -0.15) is 0 Å². The van der Waals surface area contributed by atoms with Gasteiger partial charge in [-0.25, -0.2) is 13.9 Å². The number of aliphatic hydroxyl groups is 2. The van der Waals surface area contributed by atoms with E-state index in [1.807, 2.05) is 23.2 Å². The van der Waals surface area contributed by atoms with E-state index in [0.29, 0.717) is 12.0 Å². The van der Waals surface area contributed by atoms with E-state index >= 15 is 0 Å². The van der Waals surface area contributed by atoms with Crippen LogP contribution in [0, 0.1) is 11.7 Å². The maximum absolute atomic E-state index is 14.4. The van der Waals surface area contributed by atoms with Gasteiger partial charge in [0.2, 0.25) is 6.33 Å². The maximum atomic E-state index is 14.4. The molecular formula is C18H22FN2O2+. The third-order valence-corrected chi connectivity index (χ3v) is 5.46. The number of halogens is 1. The zero-order valence-electron chi connectivity index (χ0n) is 13.0. The van der Waals surface area contributed by atoms with Gasteiger partial charge in [0.15, 0.2) is 5.69 Å². The summed E-state index contributed by atoms with van der Waals surface area (Å²) in [5, 5.41) is 20.3. The summed E-state index contributed by atoms with van der Waals surface area (Å²) in [7, 11) is 0. The Hall–Kier alpha value is -1.72. The van der Waals surface area contributed by atoms with Crippen molar-refractivity contribution < 1.29 is 19.2 Å². The van der Waals surface area contributed by atoms with Crippen molar-refractivity contribution in [2.45, 2.75) is 50.4 Å². The van der Waals surface area contributed by atoms with Gasteiger partial charge in [0, 0.05) is 17.5 Å². The molecule has 1 aromatic carbocycles. The number of aromatic nitrogens is 2. The molecule has 2 atom stereocenters. The number of imidazole rings is 1. The van der Waals surface area contributed by atoms with Crippen molar-refractivity contribution in [1.29, 1.82) is 0 Å². The molecule has 23 heavy (non-hydrogen) atoms. The topological polar surface area (TPSA) is 60.1 Å². The molecule has 2 heterocycles. The van der Waals surface area contributed by atoms with Gasteiger partial charge >= 0.3 is 0 Å². The van der Waals surface area contributed by atoms with Gasteiger partial charge in [0.05, 0.1) is 12.2 Å². The Labute approximate surface area is 134 Å². The molecule has 2 aliphatic rings. The lowest BCUT2D eigenvalue weighted by atomic mass is 9.81. The second-order valence-electron chi connectivity index (χ2n) is 6.82. The van der Waals surface area contributed by atoms with Crippen molar-refractivity contribution in [2.24, 2.45) is 5.92 Å². The number of fused-ring (bicyclic) bond motifs is 3. The fraction of sp³-hybridized carbons (Fsp3) is 0.500. The van der Waals surface area contributed by atoms with E-state index in [0.717, 1.165) is 36.9 Å². The first-order valence-electron chi connectivity index (χ1n) is 8.38. The van der Waals surface area contributed by atoms with Crippen LogP contribution in [0.3, 0.4) is 0 Å². The highest BCUT2D eigenvalue weighted by Crippen LogP contribution is 2.39. The third-order valence-electron chi connectivity index (χ3n) is 5.46. The Kier molecular flexibility index (Phi) is 3.70. The Morgan fingerprint density at radius 2 is 2.04 bits per heavy atom. The van der Waals surface area contributed by atoms with Gasteiger partial charge in [0.25, 0.3) is 0 Å².